The van der Waals surface area contributed by atoms with E-state index >= 15 is 0 Å². The molecule has 1 aromatic rings. The molecule has 1 atom stereocenters. The summed E-state index contributed by atoms with van der Waals surface area (Å²) in [5.74, 6) is 1.28. The molecule has 1 amide bonds. The van der Waals surface area contributed by atoms with E-state index in [0.29, 0.717) is 22.8 Å². The highest BCUT2D eigenvalue weighted by atomic mass is 32.7. The van der Waals surface area contributed by atoms with Crippen LogP contribution in [-0.2, 0) is 13.9 Å². The van der Waals surface area contributed by atoms with Gasteiger partial charge in [-0.3, -0.25) is 9.32 Å². The summed E-state index contributed by atoms with van der Waals surface area (Å²) in [6, 6.07) is 4.99. The summed E-state index contributed by atoms with van der Waals surface area (Å²) >= 11 is 1.16. The van der Waals surface area contributed by atoms with Crippen molar-refractivity contribution in [1.29, 1.82) is 0 Å². The molecule has 1 unspecified atom stereocenters. The fourth-order valence-electron chi connectivity index (χ4n) is 1.60. The number of nitrogens with one attached hydrogen (secondary N) is 1. The maximum atomic E-state index is 12.8. The molecule has 0 heterocycles. The lowest BCUT2D eigenvalue weighted by Gasteiger charge is -2.19. The van der Waals surface area contributed by atoms with Crippen molar-refractivity contribution < 1.29 is 23.1 Å². The molecular formula is C15H23N2O5PS. The number of nitrogens with zero attached hydrogens (tertiary/aromatic N) is 1. The average molecular weight is 374 g/mol. The van der Waals surface area contributed by atoms with E-state index in [-0.39, 0.29) is 12.5 Å². The fourth-order valence-corrected chi connectivity index (χ4v) is 5.07. The smallest absolute Gasteiger partial charge is 0.440 e. The summed E-state index contributed by atoms with van der Waals surface area (Å²) in [6.45, 7) is 2.04. The van der Waals surface area contributed by atoms with Crippen LogP contribution in [0.25, 0.3) is 0 Å². The molecular weight excluding hydrogens is 351 g/mol. The van der Waals surface area contributed by atoms with Crippen LogP contribution in [0, 0.1) is 0 Å². The molecule has 9 heteroatoms. The molecule has 1 N–H and O–H groups in total. The number of hydrogen-bond donors (Lipinski definition) is 1. The highest BCUT2D eigenvalue weighted by Gasteiger charge is 2.27. The lowest BCUT2D eigenvalue weighted by atomic mass is 10.2. The van der Waals surface area contributed by atoms with Crippen molar-refractivity contribution in [2.45, 2.75) is 27.2 Å². The summed E-state index contributed by atoms with van der Waals surface area (Å²) in [7, 11) is 1.53. The Kier molecular flexibility index (Phi) is 8.89. The molecule has 134 valence electrons. The van der Waals surface area contributed by atoms with Crippen LogP contribution < -0.4 is 14.7 Å². The van der Waals surface area contributed by atoms with Crippen LogP contribution in [0.5, 0.6) is 11.5 Å². The molecule has 0 radical (unpaired) electrons. The Hall–Kier alpha value is -1.50. The van der Waals surface area contributed by atoms with Gasteiger partial charge in [0.1, 0.15) is 11.5 Å². The summed E-state index contributed by atoms with van der Waals surface area (Å²) in [5, 5.41) is 3.82. The third kappa shape index (κ3) is 6.95. The minimum Gasteiger partial charge on any atom is -0.497 e. The van der Waals surface area contributed by atoms with Crippen molar-refractivity contribution in [3.05, 3.63) is 23.8 Å². The van der Waals surface area contributed by atoms with Gasteiger partial charge in [0.15, 0.2) is 0 Å². The van der Waals surface area contributed by atoms with Crippen molar-refractivity contribution in [2.75, 3.05) is 19.5 Å². The van der Waals surface area contributed by atoms with E-state index in [1.165, 1.54) is 20.2 Å². The number of hydrazone groups is 1. The van der Waals surface area contributed by atoms with E-state index in [1.807, 2.05) is 6.92 Å². The minimum atomic E-state index is -3.33. The fraction of sp³-hybridized carbons (Fsp3) is 0.467. The Morgan fingerprint density at radius 2 is 2.17 bits per heavy atom. The van der Waals surface area contributed by atoms with Gasteiger partial charge in [-0.05, 0) is 42.9 Å². The third-order valence-electron chi connectivity index (χ3n) is 2.59. The molecule has 0 bridgehead atoms. The second-order valence-corrected chi connectivity index (χ2v) is 8.74. The third-order valence-corrected chi connectivity index (χ3v) is 6.53. The molecule has 0 aliphatic carbocycles. The number of rotatable bonds is 10. The van der Waals surface area contributed by atoms with Crippen molar-refractivity contribution >= 4 is 30.3 Å². The topological polar surface area (TPSA) is 86.2 Å². The Balaban J connectivity index is 3.08. The molecule has 0 fully saturated rings. The number of carbonyl (C=O) groups is 1. The van der Waals surface area contributed by atoms with Crippen LogP contribution in [-0.4, -0.2) is 31.6 Å². The zero-order valence-electron chi connectivity index (χ0n) is 14.3. The number of benzene rings is 1. The largest absolute Gasteiger partial charge is 0.497 e. The van der Waals surface area contributed by atoms with Crippen LogP contribution in [0.1, 0.15) is 32.8 Å². The second kappa shape index (κ2) is 10.4. The van der Waals surface area contributed by atoms with E-state index in [1.54, 1.807) is 25.1 Å². The monoisotopic (exact) mass is 374 g/mol. The Morgan fingerprint density at radius 1 is 1.42 bits per heavy atom. The number of amides is 1. The van der Waals surface area contributed by atoms with Crippen molar-refractivity contribution in [1.82, 2.24) is 5.43 Å². The maximum absolute atomic E-state index is 12.8. The molecule has 1 rings (SSSR count). The van der Waals surface area contributed by atoms with Gasteiger partial charge in [0.25, 0.3) is 0 Å². The first kappa shape index (κ1) is 20.5. The van der Waals surface area contributed by atoms with Gasteiger partial charge < -0.3 is 9.26 Å². The molecule has 0 saturated heterocycles. The first-order valence-corrected chi connectivity index (χ1v) is 10.6. The van der Waals surface area contributed by atoms with Gasteiger partial charge in [0.2, 0.25) is 5.91 Å². The summed E-state index contributed by atoms with van der Waals surface area (Å²) in [4.78, 5) is 10.9. The normalized spacial score (nSPS) is 13.5. The SMILES string of the molecule is CCCSP(=O)(OCC)Oc1ccc(OC)cc1C=NNC(C)=O. The van der Waals surface area contributed by atoms with Crippen LogP contribution in [0.2, 0.25) is 0 Å². The molecule has 0 aliphatic heterocycles. The summed E-state index contributed by atoms with van der Waals surface area (Å²) in [5.41, 5.74) is 2.82. The highest BCUT2D eigenvalue weighted by Crippen LogP contribution is 2.60. The van der Waals surface area contributed by atoms with Gasteiger partial charge in [-0.25, -0.2) is 9.99 Å². The zero-order chi connectivity index (χ0) is 18.0. The van der Waals surface area contributed by atoms with Gasteiger partial charge in [0, 0.05) is 18.2 Å². The Labute approximate surface area is 146 Å². The average Bonchev–Trinajstić information content (AvgIpc) is 2.54. The van der Waals surface area contributed by atoms with Crippen LogP contribution >= 0.6 is 18.2 Å². The molecule has 0 aromatic heterocycles. The van der Waals surface area contributed by atoms with E-state index in [4.69, 9.17) is 13.8 Å². The number of methoxy groups -OCH3 is 1. The van der Waals surface area contributed by atoms with Crippen molar-refractivity contribution in [3.63, 3.8) is 0 Å². The van der Waals surface area contributed by atoms with Gasteiger partial charge in [-0.15, -0.1) is 0 Å². The predicted octanol–water partition coefficient (Wildman–Crippen LogP) is 3.83. The maximum Gasteiger partial charge on any atom is 0.440 e. The standard InChI is InChI=1S/C15H23N2O5PS/c1-5-9-24-23(19,21-6-2)22-15-8-7-14(20-4)10-13(15)11-16-17-12(3)18/h7-8,10-11H,5-6,9H2,1-4H3,(H,17,18). The highest BCUT2D eigenvalue weighted by molar-refractivity contribution is 8.55. The van der Waals surface area contributed by atoms with Crippen LogP contribution in [0.4, 0.5) is 0 Å². The second-order valence-electron chi connectivity index (χ2n) is 4.62. The lowest BCUT2D eigenvalue weighted by Crippen LogP contribution is -2.12. The first-order valence-electron chi connectivity index (χ1n) is 7.50. The number of hydrogen-bond acceptors (Lipinski definition) is 7. The zero-order valence-corrected chi connectivity index (χ0v) is 16.0. The van der Waals surface area contributed by atoms with Crippen molar-refractivity contribution in [3.8, 4) is 11.5 Å². The van der Waals surface area contributed by atoms with Gasteiger partial charge in [-0.2, -0.15) is 5.10 Å². The van der Waals surface area contributed by atoms with Gasteiger partial charge in [-0.1, -0.05) is 6.92 Å². The predicted molar refractivity (Wildman–Crippen MR) is 97.0 cm³/mol. The van der Waals surface area contributed by atoms with E-state index in [0.717, 1.165) is 17.8 Å². The first-order chi connectivity index (χ1) is 11.4. The van der Waals surface area contributed by atoms with E-state index in [9.17, 15) is 9.36 Å². The molecule has 24 heavy (non-hydrogen) atoms. The molecule has 0 spiro atoms. The Bertz CT molecular complexity index is 624. The Morgan fingerprint density at radius 3 is 2.75 bits per heavy atom. The number of ether oxygens (including phenoxy) is 1. The molecule has 1 aromatic carbocycles. The lowest BCUT2D eigenvalue weighted by molar-refractivity contribution is -0.118. The summed E-state index contributed by atoms with van der Waals surface area (Å²) < 4.78 is 29.0. The molecule has 0 saturated carbocycles. The minimum absolute atomic E-state index is 0.277. The molecule has 7 nitrogen and oxygen atoms in total. The van der Waals surface area contributed by atoms with Gasteiger partial charge in [0.05, 0.1) is 19.9 Å². The number of carbonyl (C=O) groups excluding carboxylic acids is 1. The van der Waals surface area contributed by atoms with Crippen LogP contribution in [0.15, 0.2) is 23.3 Å². The van der Waals surface area contributed by atoms with Gasteiger partial charge >= 0.3 is 6.80 Å². The van der Waals surface area contributed by atoms with Crippen LogP contribution in [0.3, 0.4) is 0 Å². The van der Waals surface area contributed by atoms with Crippen molar-refractivity contribution in [2.24, 2.45) is 5.10 Å². The summed E-state index contributed by atoms with van der Waals surface area (Å²) in [6.07, 6.45) is 2.25. The van der Waals surface area contributed by atoms with E-state index in [2.05, 4.69) is 10.5 Å². The molecule has 0 aliphatic rings. The quantitative estimate of drug-likeness (QED) is 0.380. The van der Waals surface area contributed by atoms with E-state index < -0.39 is 6.80 Å².